The van der Waals surface area contributed by atoms with Crippen molar-refractivity contribution >= 4 is 29.2 Å². The Bertz CT molecular complexity index is 1000. The minimum Gasteiger partial charge on any atom is -0.368 e. The van der Waals surface area contributed by atoms with Crippen molar-refractivity contribution in [2.24, 2.45) is 0 Å². The summed E-state index contributed by atoms with van der Waals surface area (Å²) in [6, 6.07) is 7.31. The van der Waals surface area contributed by atoms with E-state index in [1.807, 2.05) is 12.1 Å². The first kappa shape index (κ1) is 21.4. The van der Waals surface area contributed by atoms with Gasteiger partial charge < -0.3 is 15.6 Å². The third-order valence-corrected chi connectivity index (χ3v) is 5.24. The zero-order valence-corrected chi connectivity index (χ0v) is 18.4. The fraction of sp³-hybridized carbons (Fsp3) is 0.450. The van der Waals surface area contributed by atoms with Gasteiger partial charge in [-0.05, 0) is 24.3 Å². The fourth-order valence-corrected chi connectivity index (χ4v) is 3.42. The van der Waals surface area contributed by atoms with Crippen molar-refractivity contribution in [3.05, 3.63) is 46.8 Å². The van der Waals surface area contributed by atoms with Gasteiger partial charge in [-0.25, -0.2) is 0 Å². The Balaban J connectivity index is 1.31. The van der Waals surface area contributed by atoms with Gasteiger partial charge in [0.05, 0.1) is 13.1 Å². The lowest BCUT2D eigenvalue weighted by Gasteiger charge is -2.33. The van der Waals surface area contributed by atoms with E-state index in [2.05, 4.69) is 54.1 Å². The van der Waals surface area contributed by atoms with Gasteiger partial charge in [-0.3, -0.25) is 9.80 Å². The molecule has 2 aromatic heterocycles. The minimum absolute atomic E-state index is 0.192. The van der Waals surface area contributed by atoms with Crippen molar-refractivity contribution in [2.75, 3.05) is 37.2 Å². The Morgan fingerprint density at radius 3 is 2.32 bits per heavy atom. The number of benzene rings is 1. The molecule has 0 saturated carbocycles. The van der Waals surface area contributed by atoms with E-state index in [4.69, 9.17) is 21.9 Å². The zero-order valence-electron chi connectivity index (χ0n) is 17.6. The lowest BCUT2D eigenvalue weighted by atomic mass is 10.2. The summed E-state index contributed by atoms with van der Waals surface area (Å²) in [6.07, 6.45) is 0. The molecule has 0 amide bonds. The summed E-state index contributed by atoms with van der Waals surface area (Å²) in [5.41, 5.74) is 6.73. The van der Waals surface area contributed by atoms with Gasteiger partial charge >= 0.3 is 0 Å². The van der Waals surface area contributed by atoms with E-state index in [-0.39, 0.29) is 11.9 Å². The standard InChI is InChI=1S/C20H26ClN9O/c1-13(2)18-26-17(31-28-18)12-30-9-7-29(8-10-30)11-16-24-19(22)27-20(25-16)23-15-5-3-14(21)4-6-15/h3-6,13H,7-12H2,1-2H3,(H3,22,23,24,25,27). The number of anilines is 3. The number of nitrogens with zero attached hydrogens (tertiary/aromatic N) is 7. The maximum Gasteiger partial charge on any atom is 0.240 e. The van der Waals surface area contributed by atoms with Crippen LogP contribution in [0, 0.1) is 0 Å². The molecule has 3 aromatic rings. The van der Waals surface area contributed by atoms with Crippen molar-refractivity contribution in [1.29, 1.82) is 0 Å². The summed E-state index contributed by atoms with van der Waals surface area (Å²) >= 11 is 5.93. The summed E-state index contributed by atoms with van der Waals surface area (Å²) in [5, 5.41) is 7.84. The van der Waals surface area contributed by atoms with E-state index < -0.39 is 0 Å². The number of nitrogen functional groups attached to an aromatic ring is 1. The second-order valence-electron chi connectivity index (χ2n) is 7.82. The molecule has 31 heavy (non-hydrogen) atoms. The topological polar surface area (TPSA) is 122 Å². The van der Waals surface area contributed by atoms with Crippen LogP contribution in [0.3, 0.4) is 0 Å². The van der Waals surface area contributed by atoms with Gasteiger partial charge in [-0.15, -0.1) is 0 Å². The molecule has 1 saturated heterocycles. The van der Waals surface area contributed by atoms with Gasteiger partial charge in [0.25, 0.3) is 0 Å². The number of nitrogens with two attached hydrogens (primary N) is 1. The molecule has 0 spiro atoms. The molecule has 0 unspecified atom stereocenters. The molecule has 4 rings (SSSR count). The van der Waals surface area contributed by atoms with E-state index in [1.54, 1.807) is 12.1 Å². The van der Waals surface area contributed by atoms with Crippen molar-refractivity contribution in [3.8, 4) is 0 Å². The maximum atomic E-state index is 5.93. The minimum atomic E-state index is 0.192. The van der Waals surface area contributed by atoms with Crippen molar-refractivity contribution in [2.45, 2.75) is 32.9 Å². The Morgan fingerprint density at radius 2 is 1.68 bits per heavy atom. The molecule has 3 N–H and O–H groups in total. The van der Waals surface area contributed by atoms with Crippen LogP contribution in [0.1, 0.15) is 37.3 Å². The van der Waals surface area contributed by atoms with Crippen LogP contribution in [0.25, 0.3) is 0 Å². The molecular formula is C20H26ClN9O. The van der Waals surface area contributed by atoms with Crippen LogP contribution >= 0.6 is 11.6 Å². The SMILES string of the molecule is CC(C)c1noc(CN2CCN(Cc3nc(N)nc(Nc4ccc(Cl)cc4)n3)CC2)n1. The molecular weight excluding hydrogens is 418 g/mol. The van der Waals surface area contributed by atoms with Gasteiger partial charge in [-0.2, -0.15) is 19.9 Å². The number of hydrogen-bond donors (Lipinski definition) is 2. The molecule has 1 fully saturated rings. The van der Waals surface area contributed by atoms with Gasteiger partial charge in [0.2, 0.25) is 17.8 Å². The lowest BCUT2D eigenvalue weighted by molar-refractivity contribution is 0.110. The van der Waals surface area contributed by atoms with Crippen LogP contribution in [0.2, 0.25) is 5.02 Å². The van der Waals surface area contributed by atoms with E-state index in [1.165, 1.54) is 0 Å². The van der Waals surface area contributed by atoms with Crippen LogP contribution in [0.4, 0.5) is 17.6 Å². The second kappa shape index (κ2) is 9.54. The molecule has 0 atom stereocenters. The highest BCUT2D eigenvalue weighted by molar-refractivity contribution is 6.30. The van der Waals surface area contributed by atoms with Gasteiger partial charge in [-0.1, -0.05) is 30.6 Å². The summed E-state index contributed by atoms with van der Waals surface area (Å²) in [5.74, 6) is 2.93. The summed E-state index contributed by atoms with van der Waals surface area (Å²) in [4.78, 5) is 22.1. The monoisotopic (exact) mass is 443 g/mol. The molecule has 11 heteroatoms. The number of hydrogen-bond acceptors (Lipinski definition) is 10. The number of rotatable bonds is 7. The molecule has 1 aliphatic heterocycles. The Kier molecular flexibility index (Phi) is 6.59. The largest absolute Gasteiger partial charge is 0.368 e. The Labute approximate surface area is 185 Å². The van der Waals surface area contributed by atoms with Crippen LogP contribution < -0.4 is 11.1 Å². The third kappa shape index (κ3) is 5.87. The number of aromatic nitrogens is 5. The molecule has 0 bridgehead atoms. The van der Waals surface area contributed by atoms with E-state index in [9.17, 15) is 0 Å². The second-order valence-corrected chi connectivity index (χ2v) is 8.26. The lowest BCUT2D eigenvalue weighted by Crippen LogP contribution is -2.45. The van der Waals surface area contributed by atoms with E-state index in [0.717, 1.165) is 37.7 Å². The average Bonchev–Trinajstić information content (AvgIpc) is 3.20. The Morgan fingerprint density at radius 1 is 1.00 bits per heavy atom. The summed E-state index contributed by atoms with van der Waals surface area (Å²) < 4.78 is 5.36. The predicted octanol–water partition coefficient (Wildman–Crippen LogP) is 2.68. The third-order valence-electron chi connectivity index (χ3n) is 4.99. The molecule has 3 heterocycles. The number of piperazine rings is 1. The highest BCUT2D eigenvalue weighted by Gasteiger charge is 2.21. The molecule has 0 radical (unpaired) electrons. The molecule has 0 aliphatic carbocycles. The molecule has 164 valence electrons. The molecule has 10 nitrogen and oxygen atoms in total. The van der Waals surface area contributed by atoms with E-state index >= 15 is 0 Å². The zero-order chi connectivity index (χ0) is 21.8. The Hall–Kier alpha value is -2.82. The van der Waals surface area contributed by atoms with Crippen molar-refractivity contribution < 1.29 is 4.52 Å². The smallest absolute Gasteiger partial charge is 0.240 e. The van der Waals surface area contributed by atoms with Crippen molar-refractivity contribution in [1.82, 2.24) is 34.9 Å². The van der Waals surface area contributed by atoms with Crippen LogP contribution in [0.5, 0.6) is 0 Å². The predicted molar refractivity (Wildman–Crippen MR) is 118 cm³/mol. The number of halogens is 1. The molecule has 1 aromatic carbocycles. The van der Waals surface area contributed by atoms with E-state index in [0.29, 0.717) is 35.8 Å². The maximum absolute atomic E-state index is 5.93. The van der Waals surface area contributed by atoms with Crippen LogP contribution in [-0.4, -0.2) is 61.1 Å². The normalized spacial score (nSPS) is 15.5. The first-order valence-corrected chi connectivity index (χ1v) is 10.6. The van der Waals surface area contributed by atoms with Gasteiger partial charge in [0.15, 0.2) is 5.82 Å². The summed E-state index contributed by atoms with van der Waals surface area (Å²) in [7, 11) is 0. The highest BCUT2D eigenvalue weighted by Crippen LogP contribution is 2.18. The van der Waals surface area contributed by atoms with Crippen LogP contribution in [-0.2, 0) is 13.1 Å². The average molecular weight is 444 g/mol. The van der Waals surface area contributed by atoms with Gasteiger partial charge in [0.1, 0.15) is 5.82 Å². The van der Waals surface area contributed by atoms with Crippen molar-refractivity contribution in [3.63, 3.8) is 0 Å². The fourth-order valence-electron chi connectivity index (χ4n) is 3.29. The first-order chi connectivity index (χ1) is 14.9. The summed E-state index contributed by atoms with van der Waals surface area (Å²) in [6.45, 7) is 8.95. The quantitative estimate of drug-likeness (QED) is 0.563. The first-order valence-electron chi connectivity index (χ1n) is 10.2. The van der Waals surface area contributed by atoms with Crippen LogP contribution in [0.15, 0.2) is 28.8 Å². The molecule has 1 aliphatic rings. The van der Waals surface area contributed by atoms with Gasteiger partial charge in [0, 0.05) is 42.8 Å². The number of nitrogens with one attached hydrogen (secondary N) is 1. The highest BCUT2D eigenvalue weighted by atomic mass is 35.5.